The van der Waals surface area contributed by atoms with Gasteiger partial charge in [0.15, 0.2) is 5.96 Å². The molecule has 1 amide bonds. The van der Waals surface area contributed by atoms with Crippen molar-refractivity contribution in [2.45, 2.75) is 32.8 Å². The number of alkyl carbamates (subject to hydrolysis) is 1. The minimum absolute atomic E-state index is 0. The van der Waals surface area contributed by atoms with Crippen LogP contribution >= 0.6 is 24.0 Å². The van der Waals surface area contributed by atoms with Gasteiger partial charge < -0.3 is 25.0 Å². The molecular weight excluding hydrogens is 411 g/mol. The first-order valence-corrected chi connectivity index (χ1v) is 7.77. The average Bonchev–Trinajstić information content (AvgIpc) is 2.85. The Morgan fingerprint density at radius 3 is 2.52 bits per heavy atom. The van der Waals surface area contributed by atoms with Crippen molar-refractivity contribution in [3.63, 3.8) is 0 Å². The van der Waals surface area contributed by atoms with E-state index in [-0.39, 0.29) is 24.0 Å². The lowest BCUT2D eigenvalue weighted by Gasteiger charge is -2.22. The number of carbonyl (C=O) groups excluding carboxylic acids is 1. The summed E-state index contributed by atoms with van der Waals surface area (Å²) < 4.78 is 10.4. The summed E-state index contributed by atoms with van der Waals surface area (Å²) >= 11 is 0. The number of amides is 1. The summed E-state index contributed by atoms with van der Waals surface area (Å²) in [5.41, 5.74) is -0.473. The SMILES string of the molecule is CN=C(NCCNC(=O)OC(C)(C)C)N1CCC(COC)C1.I. The maximum Gasteiger partial charge on any atom is 0.407 e. The van der Waals surface area contributed by atoms with Gasteiger partial charge in [0.1, 0.15) is 5.60 Å². The smallest absolute Gasteiger partial charge is 0.407 e. The number of halogens is 1. The molecule has 0 radical (unpaired) electrons. The number of nitrogens with one attached hydrogen (secondary N) is 2. The molecule has 0 spiro atoms. The minimum atomic E-state index is -0.473. The molecule has 0 aromatic rings. The number of nitrogens with zero attached hydrogens (tertiary/aromatic N) is 2. The fourth-order valence-corrected chi connectivity index (χ4v) is 2.38. The standard InChI is InChI=1S/C15H30N4O3.HI/c1-15(2,3)22-14(20)18-8-7-17-13(16-4)19-9-6-12(10-19)11-21-5;/h12H,6-11H2,1-5H3,(H,16,17)(H,18,20);1H. The van der Waals surface area contributed by atoms with Gasteiger partial charge in [-0.1, -0.05) is 0 Å². The molecule has 0 aliphatic carbocycles. The second-order valence-corrected chi connectivity index (χ2v) is 6.46. The average molecular weight is 442 g/mol. The number of likely N-dealkylation sites (tertiary alicyclic amines) is 1. The van der Waals surface area contributed by atoms with Gasteiger partial charge in [-0.2, -0.15) is 0 Å². The van der Waals surface area contributed by atoms with Gasteiger partial charge in [-0.15, -0.1) is 24.0 Å². The van der Waals surface area contributed by atoms with Crippen molar-refractivity contribution < 1.29 is 14.3 Å². The van der Waals surface area contributed by atoms with Crippen LogP contribution in [0.2, 0.25) is 0 Å². The fourth-order valence-electron chi connectivity index (χ4n) is 2.38. The van der Waals surface area contributed by atoms with Crippen molar-refractivity contribution in [1.29, 1.82) is 0 Å². The molecule has 136 valence electrons. The van der Waals surface area contributed by atoms with Gasteiger partial charge in [-0.25, -0.2) is 4.79 Å². The molecule has 1 unspecified atom stereocenters. The Bertz CT molecular complexity index is 385. The molecule has 1 fully saturated rings. The molecule has 1 aliphatic heterocycles. The summed E-state index contributed by atoms with van der Waals surface area (Å²) in [7, 11) is 3.51. The van der Waals surface area contributed by atoms with Crippen molar-refractivity contribution in [1.82, 2.24) is 15.5 Å². The number of ether oxygens (including phenoxy) is 2. The Labute approximate surface area is 156 Å². The molecule has 0 aromatic heterocycles. The van der Waals surface area contributed by atoms with E-state index in [4.69, 9.17) is 9.47 Å². The van der Waals surface area contributed by atoms with E-state index in [1.54, 1.807) is 14.2 Å². The van der Waals surface area contributed by atoms with Crippen LogP contribution in [-0.2, 0) is 9.47 Å². The lowest BCUT2D eigenvalue weighted by Crippen LogP contribution is -2.44. The highest BCUT2D eigenvalue weighted by Gasteiger charge is 2.24. The van der Waals surface area contributed by atoms with Crippen molar-refractivity contribution >= 4 is 36.0 Å². The highest BCUT2D eigenvalue weighted by molar-refractivity contribution is 14.0. The molecule has 8 heteroatoms. The second kappa shape index (κ2) is 10.9. The van der Waals surface area contributed by atoms with Crippen LogP contribution in [0, 0.1) is 5.92 Å². The van der Waals surface area contributed by atoms with E-state index < -0.39 is 11.7 Å². The maximum absolute atomic E-state index is 11.5. The first kappa shape index (κ1) is 22.2. The molecule has 23 heavy (non-hydrogen) atoms. The zero-order valence-electron chi connectivity index (χ0n) is 14.8. The van der Waals surface area contributed by atoms with Crippen LogP contribution in [0.25, 0.3) is 0 Å². The molecule has 1 saturated heterocycles. The molecule has 7 nitrogen and oxygen atoms in total. The number of hydrogen-bond acceptors (Lipinski definition) is 4. The highest BCUT2D eigenvalue weighted by Crippen LogP contribution is 2.16. The second-order valence-electron chi connectivity index (χ2n) is 6.46. The van der Waals surface area contributed by atoms with Crippen molar-refractivity contribution in [3.8, 4) is 0 Å². The van der Waals surface area contributed by atoms with E-state index in [0.29, 0.717) is 19.0 Å². The summed E-state index contributed by atoms with van der Waals surface area (Å²) in [6.45, 7) is 9.35. The van der Waals surface area contributed by atoms with Crippen molar-refractivity contribution in [3.05, 3.63) is 0 Å². The summed E-state index contributed by atoms with van der Waals surface area (Å²) in [5, 5.41) is 5.98. The van der Waals surface area contributed by atoms with Crippen LogP contribution < -0.4 is 10.6 Å². The third-order valence-electron chi connectivity index (χ3n) is 3.28. The van der Waals surface area contributed by atoms with Gasteiger partial charge in [-0.05, 0) is 27.2 Å². The third kappa shape index (κ3) is 9.19. The van der Waals surface area contributed by atoms with Crippen molar-refractivity contribution in [2.75, 3.05) is 46.9 Å². The van der Waals surface area contributed by atoms with E-state index in [0.717, 1.165) is 32.1 Å². The van der Waals surface area contributed by atoms with Gasteiger partial charge in [0, 0.05) is 46.3 Å². The first-order chi connectivity index (χ1) is 10.4. The van der Waals surface area contributed by atoms with E-state index >= 15 is 0 Å². The molecule has 0 bridgehead atoms. The molecule has 2 N–H and O–H groups in total. The van der Waals surface area contributed by atoms with Crippen LogP contribution in [0.5, 0.6) is 0 Å². The topological polar surface area (TPSA) is 75.2 Å². The first-order valence-electron chi connectivity index (χ1n) is 7.77. The zero-order chi connectivity index (χ0) is 16.6. The Balaban J connectivity index is 0.00000484. The number of guanidine groups is 1. The molecular formula is C15H31IN4O3. The normalized spacial score (nSPS) is 18.4. The zero-order valence-corrected chi connectivity index (χ0v) is 17.2. The van der Waals surface area contributed by atoms with Gasteiger partial charge in [0.05, 0.1) is 6.61 Å². The number of methoxy groups -OCH3 is 1. The summed E-state index contributed by atoms with van der Waals surface area (Å²) in [6.07, 6.45) is 0.718. The van der Waals surface area contributed by atoms with Gasteiger partial charge >= 0.3 is 6.09 Å². The maximum atomic E-state index is 11.5. The van der Waals surface area contributed by atoms with E-state index in [1.165, 1.54) is 0 Å². The number of rotatable bonds is 5. The lowest BCUT2D eigenvalue weighted by atomic mass is 10.1. The summed E-state index contributed by atoms with van der Waals surface area (Å²) in [5.74, 6) is 1.42. The predicted octanol–water partition coefficient (Wildman–Crippen LogP) is 1.67. The molecule has 1 atom stereocenters. The summed E-state index contributed by atoms with van der Waals surface area (Å²) in [6, 6.07) is 0. The quantitative estimate of drug-likeness (QED) is 0.293. The summed E-state index contributed by atoms with van der Waals surface area (Å²) in [4.78, 5) is 18.0. The van der Waals surface area contributed by atoms with Crippen LogP contribution in [0.3, 0.4) is 0 Å². The van der Waals surface area contributed by atoms with Crippen LogP contribution in [0.15, 0.2) is 4.99 Å². The van der Waals surface area contributed by atoms with E-state index in [9.17, 15) is 4.79 Å². The number of aliphatic imine (C=N–C) groups is 1. The van der Waals surface area contributed by atoms with Crippen LogP contribution in [0.4, 0.5) is 4.79 Å². The van der Waals surface area contributed by atoms with E-state index in [1.807, 2.05) is 20.8 Å². The Hall–Kier alpha value is -0.770. The molecule has 0 aromatic carbocycles. The van der Waals surface area contributed by atoms with Crippen LogP contribution in [-0.4, -0.2) is 69.5 Å². The Kier molecular flexibility index (Phi) is 10.5. The van der Waals surface area contributed by atoms with Crippen molar-refractivity contribution in [2.24, 2.45) is 10.9 Å². The highest BCUT2D eigenvalue weighted by atomic mass is 127. The Morgan fingerprint density at radius 1 is 1.30 bits per heavy atom. The monoisotopic (exact) mass is 442 g/mol. The van der Waals surface area contributed by atoms with Crippen LogP contribution in [0.1, 0.15) is 27.2 Å². The van der Waals surface area contributed by atoms with E-state index in [2.05, 4.69) is 20.5 Å². The Morgan fingerprint density at radius 2 is 1.96 bits per heavy atom. The van der Waals surface area contributed by atoms with Gasteiger partial charge in [-0.3, -0.25) is 4.99 Å². The number of carbonyl (C=O) groups is 1. The molecule has 1 aliphatic rings. The lowest BCUT2D eigenvalue weighted by molar-refractivity contribution is 0.0529. The largest absolute Gasteiger partial charge is 0.444 e. The van der Waals surface area contributed by atoms with Gasteiger partial charge in [0.25, 0.3) is 0 Å². The minimum Gasteiger partial charge on any atom is -0.444 e. The molecule has 1 rings (SSSR count). The molecule has 0 saturated carbocycles. The fraction of sp³-hybridized carbons (Fsp3) is 0.867. The number of hydrogen-bond donors (Lipinski definition) is 2. The van der Waals surface area contributed by atoms with Gasteiger partial charge in [0.2, 0.25) is 0 Å². The third-order valence-corrected chi connectivity index (χ3v) is 3.28. The predicted molar refractivity (Wildman–Crippen MR) is 103 cm³/mol. The molecule has 1 heterocycles.